The first kappa shape index (κ1) is 22.6. The second kappa shape index (κ2) is 6.43. The van der Waals surface area contributed by atoms with E-state index in [2.05, 4.69) is 10.1 Å². The Balaban J connectivity index is 2.49. The molecule has 0 atom stereocenters. The number of alkyl halides is 3. The molecule has 162 valence electrons. The molecule has 1 aromatic carbocycles. The van der Waals surface area contributed by atoms with Gasteiger partial charge >= 0.3 is 22.4 Å². The largest absolute Gasteiger partial charge is 0.460 e. The van der Waals surface area contributed by atoms with E-state index >= 15 is 0 Å². The first-order valence-corrected chi connectivity index (χ1v) is 9.57. The van der Waals surface area contributed by atoms with Crippen LogP contribution in [0.15, 0.2) is 35.5 Å². The zero-order valence-corrected chi connectivity index (χ0v) is 15.4. The van der Waals surface area contributed by atoms with E-state index in [-0.39, 0.29) is 12.1 Å². The SMILES string of the molecule is CC(C)OC(=O)/C=C\n1cnc(-c2cc(C(F)(F)F)cc(S(F)(F)(F)(F)F)c2)n1. The molecule has 0 aliphatic carbocycles. The molecule has 1 heterocycles. The van der Waals surface area contributed by atoms with Gasteiger partial charge in [-0.25, -0.2) is 14.5 Å². The standard InChI is InChI=1S/C15H13F8N3O2S/c1-9(2)28-13(27)3-4-26-8-24-14(25-26)10-5-11(15(16,17)18)7-12(6-10)29(19,20,21,22)23/h3-9H,1-2H3/b4-3-. The zero-order valence-electron chi connectivity index (χ0n) is 14.6. The van der Waals surface area contributed by atoms with Crippen LogP contribution in [-0.2, 0) is 15.7 Å². The number of benzene rings is 1. The lowest BCUT2D eigenvalue weighted by atomic mass is 10.1. The van der Waals surface area contributed by atoms with Crippen LogP contribution in [0.5, 0.6) is 0 Å². The van der Waals surface area contributed by atoms with Crippen molar-refractivity contribution in [3.8, 4) is 11.4 Å². The normalized spacial score (nSPS) is 15.4. The van der Waals surface area contributed by atoms with Crippen molar-refractivity contribution >= 4 is 22.4 Å². The smallest absolute Gasteiger partial charge is 0.416 e. The fourth-order valence-electron chi connectivity index (χ4n) is 2.00. The lowest BCUT2D eigenvalue weighted by molar-refractivity contribution is -0.141. The van der Waals surface area contributed by atoms with E-state index in [1.165, 1.54) is 0 Å². The molecule has 29 heavy (non-hydrogen) atoms. The summed E-state index contributed by atoms with van der Waals surface area (Å²) in [5, 5.41) is 3.57. The summed E-state index contributed by atoms with van der Waals surface area (Å²) in [5.41, 5.74) is -2.87. The summed E-state index contributed by atoms with van der Waals surface area (Å²) in [6, 6.07) is -0.611. The summed E-state index contributed by atoms with van der Waals surface area (Å²) in [5.74, 6) is -1.49. The molecule has 0 saturated heterocycles. The Morgan fingerprint density at radius 3 is 2.28 bits per heavy atom. The van der Waals surface area contributed by atoms with Crippen LogP contribution >= 0.6 is 10.2 Å². The number of carbonyl (C=O) groups excluding carboxylic acids is 1. The maximum Gasteiger partial charge on any atom is 0.416 e. The van der Waals surface area contributed by atoms with Gasteiger partial charge in [-0.1, -0.05) is 19.4 Å². The molecule has 2 aromatic rings. The average Bonchev–Trinajstić information content (AvgIpc) is 2.98. The Morgan fingerprint density at radius 1 is 1.14 bits per heavy atom. The van der Waals surface area contributed by atoms with Gasteiger partial charge in [0.1, 0.15) is 11.2 Å². The number of aromatic nitrogens is 3. The summed E-state index contributed by atoms with van der Waals surface area (Å²) < 4.78 is 110. The predicted molar refractivity (Wildman–Crippen MR) is 88.4 cm³/mol. The monoisotopic (exact) mass is 451 g/mol. The molecule has 0 fully saturated rings. The van der Waals surface area contributed by atoms with Gasteiger partial charge in [-0.2, -0.15) is 13.2 Å². The lowest BCUT2D eigenvalue weighted by Crippen LogP contribution is -2.11. The van der Waals surface area contributed by atoms with Crippen LogP contribution in [0.4, 0.5) is 32.6 Å². The van der Waals surface area contributed by atoms with E-state index < -0.39 is 56.4 Å². The van der Waals surface area contributed by atoms with Gasteiger partial charge in [0, 0.05) is 17.8 Å². The minimum absolute atomic E-state index is 0.160. The van der Waals surface area contributed by atoms with Gasteiger partial charge in [-0.15, -0.1) is 5.10 Å². The Kier molecular flexibility index (Phi) is 5.03. The van der Waals surface area contributed by atoms with Crippen molar-refractivity contribution in [3.05, 3.63) is 36.2 Å². The number of nitrogens with zero attached hydrogens (tertiary/aromatic N) is 3. The quantitative estimate of drug-likeness (QED) is 0.316. The summed E-state index contributed by atoms with van der Waals surface area (Å²) in [4.78, 5) is 12.2. The van der Waals surface area contributed by atoms with Crippen molar-refractivity contribution in [1.82, 2.24) is 14.8 Å². The van der Waals surface area contributed by atoms with Gasteiger partial charge in [0.2, 0.25) is 0 Å². The van der Waals surface area contributed by atoms with Crippen LogP contribution in [0.3, 0.4) is 0 Å². The van der Waals surface area contributed by atoms with Crippen LogP contribution in [0.2, 0.25) is 0 Å². The molecule has 0 spiro atoms. The molecule has 5 nitrogen and oxygen atoms in total. The van der Waals surface area contributed by atoms with Crippen molar-refractivity contribution in [2.45, 2.75) is 31.0 Å². The van der Waals surface area contributed by atoms with Gasteiger partial charge in [0.05, 0.1) is 11.7 Å². The molecule has 0 saturated carbocycles. The van der Waals surface area contributed by atoms with Crippen LogP contribution in [0, 0.1) is 0 Å². The molecule has 0 radical (unpaired) electrons. The van der Waals surface area contributed by atoms with E-state index in [4.69, 9.17) is 4.74 Å². The molecule has 1 aromatic heterocycles. The summed E-state index contributed by atoms with van der Waals surface area (Å²) in [7, 11) is -10.4. The molecule has 0 aliphatic heterocycles. The Labute approximate surface area is 158 Å². The first-order chi connectivity index (χ1) is 12.8. The van der Waals surface area contributed by atoms with Crippen LogP contribution in [-0.4, -0.2) is 26.8 Å². The van der Waals surface area contributed by atoms with Crippen molar-refractivity contribution in [1.29, 1.82) is 0 Å². The van der Waals surface area contributed by atoms with E-state index in [9.17, 15) is 37.4 Å². The van der Waals surface area contributed by atoms with Crippen LogP contribution < -0.4 is 0 Å². The number of carbonyl (C=O) groups is 1. The van der Waals surface area contributed by atoms with E-state index in [1.807, 2.05) is 0 Å². The Bertz CT molecular complexity index is 965. The first-order valence-electron chi connectivity index (χ1n) is 7.62. The third-order valence-corrected chi connectivity index (χ3v) is 4.29. The van der Waals surface area contributed by atoms with Crippen molar-refractivity contribution in [2.75, 3.05) is 0 Å². The highest BCUT2D eigenvalue weighted by Crippen LogP contribution is 3.02. The highest BCUT2D eigenvalue weighted by molar-refractivity contribution is 8.45. The second-order valence-corrected chi connectivity index (χ2v) is 8.47. The molecular formula is C15H13F8N3O2S. The highest BCUT2D eigenvalue weighted by atomic mass is 32.5. The maximum atomic E-state index is 13.1. The molecule has 0 aliphatic rings. The zero-order chi connectivity index (χ0) is 22.3. The molecular weight excluding hydrogens is 438 g/mol. The number of hydrogen-bond donors (Lipinski definition) is 0. The van der Waals surface area contributed by atoms with Crippen LogP contribution in [0.25, 0.3) is 17.6 Å². The predicted octanol–water partition coefficient (Wildman–Crippen LogP) is 6.04. The number of ether oxygens (including phenoxy) is 1. The van der Waals surface area contributed by atoms with Gasteiger partial charge in [0.15, 0.2) is 5.82 Å². The third kappa shape index (κ3) is 6.17. The van der Waals surface area contributed by atoms with Gasteiger partial charge < -0.3 is 4.74 Å². The number of halogens is 8. The van der Waals surface area contributed by atoms with Gasteiger partial charge in [-0.3, -0.25) is 0 Å². The summed E-state index contributed by atoms with van der Waals surface area (Å²) >= 11 is 0. The van der Waals surface area contributed by atoms with E-state index in [0.29, 0.717) is 0 Å². The number of rotatable bonds is 5. The van der Waals surface area contributed by atoms with Crippen LogP contribution in [0.1, 0.15) is 19.4 Å². The average molecular weight is 451 g/mol. The Hall–Kier alpha value is -2.64. The third-order valence-electron chi connectivity index (χ3n) is 3.16. The molecule has 14 heteroatoms. The fraction of sp³-hybridized carbons (Fsp3) is 0.267. The molecule has 0 N–H and O–H groups in total. The summed E-state index contributed by atoms with van der Waals surface area (Å²) in [6.45, 7) is 3.15. The minimum atomic E-state index is -10.4. The topological polar surface area (TPSA) is 57.0 Å². The Morgan fingerprint density at radius 2 is 1.76 bits per heavy atom. The van der Waals surface area contributed by atoms with Crippen molar-refractivity contribution < 1.29 is 42.1 Å². The van der Waals surface area contributed by atoms with Crippen molar-refractivity contribution in [2.24, 2.45) is 0 Å². The van der Waals surface area contributed by atoms with Crippen molar-refractivity contribution in [3.63, 3.8) is 0 Å². The second-order valence-electron chi connectivity index (χ2n) is 6.06. The van der Waals surface area contributed by atoms with Gasteiger partial charge in [0.25, 0.3) is 0 Å². The maximum absolute atomic E-state index is 13.1. The fourth-order valence-corrected chi connectivity index (χ4v) is 2.70. The minimum Gasteiger partial charge on any atom is -0.460 e. The number of hydrogen-bond acceptors (Lipinski definition) is 4. The van der Waals surface area contributed by atoms with Gasteiger partial charge in [-0.05, 0) is 32.0 Å². The summed E-state index contributed by atoms with van der Waals surface area (Å²) in [6.07, 6.45) is -3.05. The molecule has 0 unspecified atom stereocenters. The molecule has 2 rings (SSSR count). The molecule has 0 amide bonds. The highest BCUT2D eigenvalue weighted by Gasteiger charge is 2.66. The van der Waals surface area contributed by atoms with E-state index in [1.54, 1.807) is 13.8 Å². The lowest BCUT2D eigenvalue weighted by Gasteiger charge is -2.40. The number of esters is 1. The van der Waals surface area contributed by atoms with E-state index in [0.717, 1.165) is 23.3 Å². The molecule has 0 bridgehead atoms.